The van der Waals surface area contributed by atoms with Gasteiger partial charge in [-0.15, -0.1) is 11.8 Å². The van der Waals surface area contributed by atoms with Crippen molar-refractivity contribution in [2.75, 3.05) is 12.4 Å². The lowest BCUT2D eigenvalue weighted by Gasteiger charge is -2.23. The van der Waals surface area contributed by atoms with Crippen LogP contribution < -0.4 is 10.1 Å². The average molecular weight is 422 g/mol. The van der Waals surface area contributed by atoms with Crippen LogP contribution in [0, 0.1) is 0 Å². The zero-order valence-electron chi connectivity index (χ0n) is 15.0. The summed E-state index contributed by atoms with van der Waals surface area (Å²) in [6.07, 6.45) is 0.758. The molecule has 142 valence electrons. The van der Waals surface area contributed by atoms with Gasteiger partial charge < -0.3 is 15.2 Å². The minimum absolute atomic E-state index is 0.0415. The molecule has 1 heterocycles. The van der Waals surface area contributed by atoms with Crippen LogP contribution in [0.4, 0.5) is 5.69 Å². The minimum atomic E-state index is -0.874. The molecule has 0 saturated heterocycles. The van der Waals surface area contributed by atoms with Crippen LogP contribution in [0.15, 0.2) is 36.4 Å². The van der Waals surface area contributed by atoms with Gasteiger partial charge >= 0.3 is 5.97 Å². The number of anilines is 1. The molecule has 2 atom stereocenters. The molecule has 0 aromatic heterocycles. The first-order valence-electron chi connectivity index (χ1n) is 8.58. The molecule has 2 N–H and O–H groups in total. The molecule has 2 aromatic carbocycles. The van der Waals surface area contributed by atoms with Crippen LogP contribution in [0.3, 0.4) is 0 Å². The number of ether oxygens (including phenoxy) is 1. The van der Waals surface area contributed by atoms with E-state index in [-0.39, 0.29) is 16.9 Å². The molecule has 0 saturated carbocycles. The van der Waals surface area contributed by atoms with Crippen molar-refractivity contribution in [3.05, 3.63) is 58.1 Å². The van der Waals surface area contributed by atoms with Gasteiger partial charge in [-0.1, -0.05) is 42.9 Å². The molecule has 0 amide bonds. The largest absolute Gasteiger partial charge is 0.496 e. The predicted molar refractivity (Wildman–Crippen MR) is 116 cm³/mol. The Morgan fingerprint density at radius 2 is 2.11 bits per heavy atom. The van der Waals surface area contributed by atoms with Gasteiger partial charge in [0.15, 0.2) is 0 Å². The minimum Gasteiger partial charge on any atom is -0.496 e. The first-order chi connectivity index (χ1) is 12.9. The molecule has 1 aliphatic rings. The quantitative estimate of drug-likeness (QED) is 0.636. The van der Waals surface area contributed by atoms with E-state index in [0.29, 0.717) is 10.0 Å². The molecular weight excluding hydrogens is 402 g/mol. The van der Waals surface area contributed by atoms with Crippen LogP contribution in [0.25, 0.3) is 0 Å². The summed E-state index contributed by atoms with van der Waals surface area (Å²) in [6.45, 7) is 2.08. The van der Waals surface area contributed by atoms with E-state index in [0.717, 1.165) is 34.5 Å². The van der Waals surface area contributed by atoms with Crippen LogP contribution >= 0.6 is 35.6 Å². The molecule has 27 heavy (non-hydrogen) atoms. The van der Waals surface area contributed by atoms with Crippen LogP contribution in [0.5, 0.6) is 5.75 Å². The van der Waals surface area contributed by atoms with Crippen molar-refractivity contribution in [2.24, 2.45) is 0 Å². The maximum atomic E-state index is 11.4. The molecule has 0 unspecified atom stereocenters. The first-order valence-corrected chi connectivity index (χ1v) is 10.3. The SMILES string of the molecule is CCc1c(OC)cccc1[C@@H]1S[C@@H](CC(=O)O)C(=S)Nc2ccc(Cl)cc21. The van der Waals surface area contributed by atoms with E-state index in [1.165, 1.54) is 0 Å². The molecule has 0 fully saturated rings. The number of carboxylic acids is 1. The van der Waals surface area contributed by atoms with Crippen molar-refractivity contribution in [1.82, 2.24) is 0 Å². The average Bonchev–Trinajstić information content (AvgIpc) is 2.77. The van der Waals surface area contributed by atoms with Crippen LogP contribution in [0.2, 0.25) is 5.02 Å². The maximum absolute atomic E-state index is 11.4. The smallest absolute Gasteiger partial charge is 0.304 e. The molecule has 3 rings (SSSR count). The standard InChI is InChI=1S/C20H20ClNO3S2/c1-3-12-13(5-4-6-16(12)25-2)19-14-9-11(21)7-8-15(14)22-20(26)17(27-19)10-18(23)24/h4-9,17,19H,3,10H2,1-2H3,(H,22,26)(H,23,24)/t17-,19-/m0/s1. The van der Waals surface area contributed by atoms with E-state index < -0.39 is 5.97 Å². The second-order valence-corrected chi connectivity index (χ2v) is 8.39. The topological polar surface area (TPSA) is 58.6 Å². The maximum Gasteiger partial charge on any atom is 0.304 e. The fourth-order valence-corrected chi connectivity index (χ4v) is 5.31. The second kappa shape index (κ2) is 8.50. The van der Waals surface area contributed by atoms with Crippen LogP contribution in [0.1, 0.15) is 35.3 Å². The molecule has 0 radical (unpaired) electrons. The lowest BCUT2D eigenvalue weighted by molar-refractivity contribution is -0.136. The van der Waals surface area contributed by atoms with E-state index in [4.69, 9.17) is 28.6 Å². The molecule has 4 nitrogen and oxygen atoms in total. The van der Waals surface area contributed by atoms with E-state index >= 15 is 0 Å². The number of hydrogen-bond acceptors (Lipinski definition) is 4. The zero-order chi connectivity index (χ0) is 19.6. The van der Waals surface area contributed by atoms with E-state index in [1.54, 1.807) is 18.9 Å². The lowest BCUT2D eigenvalue weighted by atomic mass is 9.96. The first kappa shape index (κ1) is 20.0. The summed E-state index contributed by atoms with van der Waals surface area (Å²) < 4.78 is 5.55. The number of carbonyl (C=O) groups is 1. The van der Waals surface area contributed by atoms with Gasteiger partial charge in [0.25, 0.3) is 0 Å². The van der Waals surface area contributed by atoms with Crippen molar-refractivity contribution in [3.63, 3.8) is 0 Å². The second-order valence-electron chi connectivity index (χ2n) is 6.21. The van der Waals surface area contributed by atoms with Gasteiger partial charge in [0.05, 0.1) is 29.0 Å². The number of nitrogens with one attached hydrogen (secondary N) is 1. The Bertz CT molecular complexity index is 888. The third-order valence-electron chi connectivity index (χ3n) is 4.53. The van der Waals surface area contributed by atoms with Gasteiger partial charge in [-0.05, 0) is 47.4 Å². The number of halogens is 1. The zero-order valence-corrected chi connectivity index (χ0v) is 17.4. The van der Waals surface area contributed by atoms with Gasteiger partial charge in [-0.25, -0.2) is 0 Å². The Morgan fingerprint density at radius 3 is 2.78 bits per heavy atom. The van der Waals surface area contributed by atoms with Crippen molar-refractivity contribution < 1.29 is 14.6 Å². The molecule has 0 spiro atoms. The number of fused-ring (bicyclic) bond motifs is 1. The number of rotatable bonds is 5. The summed E-state index contributed by atoms with van der Waals surface area (Å²) in [7, 11) is 1.66. The van der Waals surface area contributed by atoms with Crippen LogP contribution in [-0.2, 0) is 11.2 Å². The fraction of sp³-hybridized carbons (Fsp3) is 0.300. The Labute approximate surface area is 173 Å². The van der Waals surface area contributed by atoms with Crippen molar-refractivity contribution >= 4 is 52.2 Å². The summed E-state index contributed by atoms with van der Waals surface area (Å²) >= 11 is 13.3. The van der Waals surface area contributed by atoms with Crippen molar-refractivity contribution in [1.29, 1.82) is 0 Å². The summed E-state index contributed by atoms with van der Waals surface area (Å²) in [6, 6.07) is 11.6. The van der Waals surface area contributed by atoms with Crippen molar-refractivity contribution in [2.45, 2.75) is 30.3 Å². The summed E-state index contributed by atoms with van der Waals surface area (Å²) in [4.78, 5) is 11.9. The monoisotopic (exact) mass is 421 g/mol. The van der Waals surface area contributed by atoms with Gasteiger partial charge in [-0.2, -0.15) is 0 Å². The van der Waals surface area contributed by atoms with E-state index in [9.17, 15) is 9.90 Å². The Morgan fingerprint density at radius 1 is 1.33 bits per heavy atom. The van der Waals surface area contributed by atoms with E-state index in [2.05, 4.69) is 18.3 Å². The number of benzene rings is 2. The van der Waals surface area contributed by atoms with Gasteiger partial charge in [-0.3, -0.25) is 4.79 Å². The number of methoxy groups -OCH3 is 1. The predicted octanol–water partition coefficient (Wildman–Crippen LogP) is 5.33. The third-order valence-corrected chi connectivity index (χ3v) is 6.81. The molecular formula is C20H20ClNO3S2. The molecule has 1 aliphatic heterocycles. The fourth-order valence-electron chi connectivity index (χ4n) is 3.32. The van der Waals surface area contributed by atoms with Gasteiger partial charge in [0.1, 0.15) is 5.75 Å². The lowest BCUT2D eigenvalue weighted by Crippen LogP contribution is -2.24. The third kappa shape index (κ3) is 4.23. The summed E-state index contributed by atoms with van der Waals surface area (Å²) in [5, 5.41) is 12.7. The Kier molecular flexibility index (Phi) is 6.29. The molecule has 0 aliphatic carbocycles. The van der Waals surface area contributed by atoms with Gasteiger partial charge in [0.2, 0.25) is 0 Å². The summed E-state index contributed by atoms with van der Waals surface area (Å²) in [5.41, 5.74) is 4.04. The number of hydrogen-bond donors (Lipinski definition) is 2. The highest BCUT2D eigenvalue weighted by atomic mass is 35.5. The van der Waals surface area contributed by atoms with Crippen molar-refractivity contribution in [3.8, 4) is 5.75 Å². The highest BCUT2D eigenvalue weighted by Gasteiger charge is 2.32. The Hall–Kier alpha value is -1.76. The highest BCUT2D eigenvalue weighted by molar-refractivity contribution is 8.02. The molecule has 0 bridgehead atoms. The molecule has 2 aromatic rings. The normalized spacial score (nSPS) is 19.0. The number of thiocarbonyl (C=S) groups is 1. The summed E-state index contributed by atoms with van der Waals surface area (Å²) in [5.74, 6) is -0.0468. The van der Waals surface area contributed by atoms with Gasteiger partial charge in [0, 0.05) is 10.7 Å². The van der Waals surface area contributed by atoms with Crippen LogP contribution in [-0.4, -0.2) is 28.4 Å². The molecule has 7 heteroatoms. The number of thioether (sulfide) groups is 1. The Balaban J connectivity index is 2.18. The van der Waals surface area contributed by atoms with E-state index in [1.807, 2.05) is 30.3 Å². The number of carboxylic acid groups (broad SMARTS) is 1. The number of aliphatic carboxylic acids is 1. The highest BCUT2D eigenvalue weighted by Crippen LogP contribution is 2.48.